The van der Waals surface area contributed by atoms with E-state index in [4.69, 9.17) is 4.74 Å². The van der Waals surface area contributed by atoms with E-state index in [1.807, 2.05) is 0 Å². The second-order valence-corrected chi connectivity index (χ2v) is 4.40. The number of oxime groups is 1. The molecule has 0 aromatic heterocycles. The van der Waals surface area contributed by atoms with Gasteiger partial charge in [-0.1, -0.05) is 5.16 Å². The lowest BCUT2D eigenvalue weighted by Crippen LogP contribution is -2.41. The van der Waals surface area contributed by atoms with Crippen LogP contribution in [0.25, 0.3) is 0 Å². The van der Waals surface area contributed by atoms with Crippen LogP contribution < -0.4 is 10.1 Å². The SMILES string of the molecule is CN(C)C(=O)Oc1ccc(C2=NOC(C(F)(F)F)N2)cc1. The Labute approximate surface area is 118 Å². The minimum atomic E-state index is -4.55. The molecule has 0 spiro atoms. The number of amides is 1. The molecule has 0 fully saturated rings. The highest BCUT2D eigenvalue weighted by Gasteiger charge is 2.45. The molecule has 0 saturated heterocycles. The molecule has 1 N–H and O–H groups in total. The number of ether oxygens (including phenoxy) is 1. The monoisotopic (exact) mass is 303 g/mol. The fourth-order valence-electron chi connectivity index (χ4n) is 1.43. The van der Waals surface area contributed by atoms with Gasteiger partial charge in [-0.05, 0) is 24.3 Å². The first-order chi connectivity index (χ1) is 9.77. The molecule has 0 aliphatic carbocycles. The van der Waals surface area contributed by atoms with E-state index in [9.17, 15) is 18.0 Å². The summed E-state index contributed by atoms with van der Waals surface area (Å²) in [5.41, 5.74) is 0.381. The summed E-state index contributed by atoms with van der Waals surface area (Å²) in [6.45, 7) is 0. The maximum absolute atomic E-state index is 12.4. The quantitative estimate of drug-likeness (QED) is 0.906. The van der Waals surface area contributed by atoms with Gasteiger partial charge in [-0.15, -0.1) is 0 Å². The maximum Gasteiger partial charge on any atom is 0.448 e. The number of carbonyl (C=O) groups excluding carboxylic acids is 1. The van der Waals surface area contributed by atoms with Crippen LogP contribution >= 0.6 is 0 Å². The highest BCUT2D eigenvalue weighted by molar-refractivity contribution is 5.99. The Morgan fingerprint density at radius 3 is 2.43 bits per heavy atom. The predicted molar refractivity (Wildman–Crippen MR) is 66.8 cm³/mol. The summed E-state index contributed by atoms with van der Waals surface area (Å²) < 4.78 is 42.2. The third-order valence-electron chi connectivity index (χ3n) is 2.51. The minimum Gasteiger partial charge on any atom is -0.410 e. The first kappa shape index (κ1) is 14.9. The van der Waals surface area contributed by atoms with Crippen molar-refractivity contribution in [3.8, 4) is 5.75 Å². The van der Waals surface area contributed by atoms with Crippen LogP contribution in [0.2, 0.25) is 0 Å². The summed E-state index contributed by atoms with van der Waals surface area (Å²) in [6, 6.07) is 5.82. The molecule has 9 heteroatoms. The Balaban J connectivity index is 2.02. The first-order valence-electron chi connectivity index (χ1n) is 5.84. The molecule has 6 nitrogen and oxygen atoms in total. The lowest BCUT2D eigenvalue weighted by atomic mass is 10.2. The van der Waals surface area contributed by atoms with E-state index in [1.54, 1.807) is 0 Å². The first-order valence-corrected chi connectivity index (χ1v) is 5.84. The van der Waals surface area contributed by atoms with Crippen LogP contribution in [0.5, 0.6) is 5.75 Å². The summed E-state index contributed by atoms with van der Waals surface area (Å²) in [4.78, 5) is 16.8. The van der Waals surface area contributed by atoms with Gasteiger partial charge in [-0.3, -0.25) is 0 Å². The zero-order valence-electron chi connectivity index (χ0n) is 11.1. The van der Waals surface area contributed by atoms with Crippen molar-refractivity contribution in [3.63, 3.8) is 0 Å². The molecule has 0 saturated carbocycles. The standard InChI is InChI=1S/C12H12F3N3O3/c1-18(2)11(19)20-8-5-3-7(4-6-8)9-16-10(21-17-9)12(13,14)15/h3-6,10H,1-2H3,(H,16,17). The van der Waals surface area contributed by atoms with Gasteiger partial charge in [-0.2, -0.15) is 13.2 Å². The molecule has 1 unspecified atom stereocenters. The van der Waals surface area contributed by atoms with Crippen molar-refractivity contribution in [1.82, 2.24) is 10.2 Å². The number of hydrogen-bond acceptors (Lipinski definition) is 5. The fraction of sp³-hybridized carbons (Fsp3) is 0.333. The molecule has 114 valence electrons. The molecular weight excluding hydrogens is 291 g/mol. The Morgan fingerprint density at radius 1 is 1.33 bits per heavy atom. The summed E-state index contributed by atoms with van der Waals surface area (Å²) in [5.74, 6) is 0.229. The highest BCUT2D eigenvalue weighted by atomic mass is 19.4. The molecule has 21 heavy (non-hydrogen) atoms. The highest BCUT2D eigenvalue weighted by Crippen LogP contribution is 2.25. The third-order valence-corrected chi connectivity index (χ3v) is 2.51. The second kappa shape index (κ2) is 5.51. The number of amidine groups is 1. The van der Waals surface area contributed by atoms with E-state index >= 15 is 0 Å². The zero-order valence-corrected chi connectivity index (χ0v) is 11.1. The van der Waals surface area contributed by atoms with Gasteiger partial charge in [0.1, 0.15) is 5.75 Å². The van der Waals surface area contributed by atoms with Gasteiger partial charge in [0.05, 0.1) is 0 Å². The van der Waals surface area contributed by atoms with Gasteiger partial charge in [0.15, 0.2) is 5.84 Å². The molecule has 1 atom stereocenters. The van der Waals surface area contributed by atoms with Gasteiger partial charge in [0, 0.05) is 19.7 Å². The maximum atomic E-state index is 12.4. The lowest BCUT2D eigenvalue weighted by Gasteiger charge is -2.13. The summed E-state index contributed by atoms with van der Waals surface area (Å²) >= 11 is 0. The number of nitrogens with one attached hydrogen (secondary N) is 1. The van der Waals surface area contributed by atoms with Crippen molar-refractivity contribution in [3.05, 3.63) is 29.8 Å². The zero-order chi connectivity index (χ0) is 15.6. The van der Waals surface area contributed by atoms with Crippen LogP contribution in [0, 0.1) is 0 Å². The topological polar surface area (TPSA) is 63.2 Å². The Hall–Kier alpha value is -2.45. The number of halogens is 3. The van der Waals surface area contributed by atoms with Crippen LogP contribution in [-0.2, 0) is 4.84 Å². The second-order valence-electron chi connectivity index (χ2n) is 4.40. The van der Waals surface area contributed by atoms with Gasteiger partial charge in [-0.25, -0.2) is 4.79 Å². The van der Waals surface area contributed by atoms with Gasteiger partial charge in [0.25, 0.3) is 6.23 Å². The smallest absolute Gasteiger partial charge is 0.410 e. The lowest BCUT2D eigenvalue weighted by molar-refractivity contribution is -0.218. The Kier molecular flexibility index (Phi) is 3.92. The van der Waals surface area contributed by atoms with E-state index in [2.05, 4.69) is 15.3 Å². The van der Waals surface area contributed by atoms with Gasteiger partial charge in [0.2, 0.25) is 0 Å². The Morgan fingerprint density at radius 2 is 1.95 bits per heavy atom. The summed E-state index contributed by atoms with van der Waals surface area (Å²) in [6.07, 6.45) is -7.26. The molecule has 1 heterocycles. The van der Waals surface area contributed by atoms with Crippen LogP contribution in [-0.4, -0.2) is 43.3 Å². The molecule has 1 aliphatic rings. The van der Waals surface area contributed by atoms with Crippen LogP contribution in [0.3, 0.4) is 0 Å². The van der Waals surface area contributed by atoms with E-state index in [-0.39, 0.29) is 11.6 Å². The van der Waals surface area contributed by atoms with Crippen molar-refractivity contribution in [2.24, 2.45) is 5.16 Å². The molecule has 0 bridgehead atoms. The minimum absolute atomic E-state index is 0.0391. The molecule has 1 amide bonds. The van der Waals surface area contributed by atoms with E-state index in [0.29, 0.717) is 5.56 Å². The summed E-state index contributed by atoms with van der Waals surface area (Å²) in [7, 11) is 3.06. The number of rotatable bonds is 2. The van der Waals surface area contributed by atoms with Crippen LogP contribution in [0.15, 0.2) is 29.4 Å². The molecule has 1 aliphatic heterocycles. The normalized spacial score (nSPS) is 17.6. The van der Waals surface area contributed by atoms with E-state index in [0.717, 1.165) is 0 Å². The van der Waals surface area contributed by atoms with Crippen molar-refractivity contribution in [1.29, 1.82) is 0 Å². The van der Waals surface area contributed by atoms with Gasteiger partial charge >= 0.3 is 12.3 Å². The van der Waals surface area contributed by atoms with Crippen molar-refractivity contribution < 1.29 is 27.5 Å². The van der Waals surface area contributed by atoms with Gasteiger partial charge < -0.3 is 19.8 Å². The largest absolute Gasteiger partial charge is 0.448 e. The average Bonchev–Trinajstić information content (AvgIpc) is 2.89. The molecule has 1 aromatic rings. The van der Waals surface area contributed by atoms with E-state index in [1.165, 1.54) is 43.3 Å². The Bertz CT molecular complexity index is 555. The van der Waals surface area contributed by atoms with Crippen LogP contribution in [0.1, 0.15) is 5.56 Å². The molecular formula is C12H12F3N3O3. The van der Waals surface area contributed by atoms with Crippen LogP contribution in [0.4, 0.5) is 18.0 Å². The molecule has 1 aromatic carbocycles. The number of nitrogens with zero attached hydrogens (tertiary/aromatic N) is 2. The predicted octanol–water partition coefficient (Wildman–Crippen LogP) is 1.92. The molecule has 0 radical (unpaired) electrons. The number of carbonyl (C=O) groups is 1. The number of hydrogen-bond donors (Lipinski definition) is 1. The van der Waals surface area contributed by atoms with Crippen molar-refractivity contribution in [2.75, 3.05) is 14.1 Å². The number of alkyl halides is 3. The number of benzene rings is 1. The fourth-order valence-corrected chi connectivity index (χ4v) is 1.43. The van der Waals surface area contributed by atoms with E-state index < -0.39 is 18.5 Å². The van der Waals surface area contributed by atoms with Crippen molar-refractivity contribution >= 4 is 11.9 Å². The summed E-state index contributed by atoms with van der Waals surface area (Å²) in [5, 5.41) is 5.45. The third kappa shape index (κ3) is 3.56. The van der Waals surface area contributed by atoms with Crippen molar-refractivity contribution in [2.45, 2.75) is 12.4 Å². The molecule has 2 rings (SSSR count). The average molecular weight is 303 g/mol.